The third-order valence-corrected chi connectivity index (χ3v) is 3.64. The van der Waals surface area contributed by atoms with Gasteiger partial charge in [-0.2, -0.15) is 0 Å². The molecule has 22 heavy (non-hydrogen) atoms. The number of hydrogen-bond donors (Lipinski definition) is 1. The molecular weight excluding hydrogens is 280 g/mol. The van der Waals surface area contributed by atoms with Crippen LogP contribution in [0.2, 0.25) is 0 Å². The van der Waals surface area contributed by atoms with Gasteiger partial charge in [-0.05, 0) is 18.1 Å². The molecule has 6 nitrogen and oxygen atoms in total. The fraction of sp³-hybridized carbons (Fsp3) is 0.562. The van der Waals surface area contributed by atoms with Gasteiger partial charge in [-0.3, -0.25) is 9.59 Å². The van der Waals surface area contributed by atoms with E-state index < -0.39 is 0 Å². The maximum atomic E-state index is 12.3. The highest BCUT2D eigenvalue weighted by Gasteiger charge is 2.34. The van der Waals surface area contributed by atoms with Gasteiger partial charge >= 0.3 is 0 Å². The van der Waals surface area contributed by atoms with Crippen LogP contribution >= 0.6 is 0 Å². The second-order valence-electron chi connectivity index (χ2n) is 6.38. The lowest BCUT2D eigenvalue weighted by atomic mass is 10.1. The van der Waals surface area contributed by atoms with E-state index in [1.807, 2.05) is 31.1 Å². The van der Waals surface area contributed by atoms with Gasteiger partial charge in [-0.25, -0.2) is 4.98 Å². The summed E-state index contributed by atoms with van der Waals surface area (Å²) in [5.74, 6) is 0.916. The number of hydrogen-bond acceptors (Lipinski definition) is 4. The van der Waals surface area contributed by atoms with Gasteiger partial charge in [-0.1, -0.05) is 13.8 Å². The smallest absolute Gasteiger partial charge is 0.229 e. The molecule has 0 saturated carbocycles. The Morgan fingerprint density at radius 1 is 1.45 bits per heavy atom. The molecule has 0 aromatic carbocycles. The predicted molar refractivity (Wildman–Crippen MR) is 86.7 cm³/mol. The Balaban J connectivity index is 1.94. The summed E-state index contributed by atoms with van der Waals surface area (Å²) in [4.78, 5) is 32.1. The molecule has 1 aliphatic heterocycles. The first-order valence-corrected chi connectivity index (χ1v) is 7.59. The number of amides is 2. The van der Waals surface area contributed by atoms with Crippen LogP contribution in [-0.4, -0.2) is 48.9 Å². The molecule has 0 radical (unpaired) electrons. The highest BCUT2D eigenvalue weighted by molar-refractivity contribution is 5.97. The Labute approximate surface area is 131 Å². The number of nitrogens with one attached hydrogen (secondary N) is 1. The fourth-order valence-electron chi connectivity index (χ4n) is 2.53. The van der Waals surface area contributed by atoms with Crippen molar-refractivity contribution in [3.05, 3.63) is 18.3 Å². The second kappa shape index (κ2) is 6.77. The van der Waals surface area contributed by atoms with Crippen LogP contribution in [0.3, 0.4) is 0 Å². The van der Waals surface area contributed by atoms with Crippen LogP contribution in [-0.2, 0) is 9.59 Å². The summed E-state index contributed by atoms with van der Waals surface area (Å²) >= 11 is 0. The lowest BCUT2D eigenvalue weighted by molar-refractivity contribution is -0.128. The highest BCUT2D eigenvalue weighted by Crippen LogP contribution is 2.21. The molecule has 0 spiro atoms. The standard InChI is InChI=1S/C16H24N4O2/c1-11(2)9-20-10-12(7-15(20)21)16(22)18-13-5-6-14(17-8-13)19(3)4/h5-6,8,11-12H,7,9-10H2,1-4H3,(H,18,22)/t12-/m0/s1. The van der Waals surface area contributed by atoms with Crippen molar-refractivity contribution < 1.29 is 9.59 Å². The third-order valence-electron chi connectivity index (χ3n) is 3.64. The minimum absolute atomic E-state index is 0.0648. The lowest BCUT2D eigenvalue weighted by Crippen LogP contribution is -2.31. The minimum atomic E-state index is -0.278. The molecule has 1 N–H and O–H groups in total. The fourth-order valence-corrected chi connectivity index (χ4v) is 2.53. The normalized spacial score (nSPS) is 18.0. The van der Waals surface area contributed by atoms with Crippen LogP contribution in [0.5, 0.6) is 0 Å². The van der Waals surface area contributed by atoms with E-state index >= 15 is 0 Å². The number of pyridine rings is 1. The van der Waals surface area contributed by atoms with Crippen molar-refractivity contribution in [1.29, 1.82) is 0 Å². The van der Waals surface area contributed by atoms with Crippen LogP contribution in [0.1, 0.15) is 20.3 Å². The molecule has 0 aliphatic carbocycles. The van der Waals surface area contributed by atoms with Gasteiger partial charge in [0, 0.05) is 33.6 Å². The molecule has 1 aliphatic rings. The van der Waals surface area contributed by atoms with Gasteiger partial charge in [0.15, 0.2) is 0 Å². The van der Waals surface area contributed by atoms with E-state index in [9.17, 15) is 9.59 Å². The van der Waals surface area contributed by atoms with E-state index in [2.05, 4.69) is 24.1 Å². The Morgan fingerprint density at radius 3 is 2.73 bits per heavy atom. The quantitative estimate of drug-likeness (QED) is 0.897. The van der Waals surface area contributed by atoms with Crippen LogP contribution < -0.4 is 10.2 Å². The molecule has 0 unspecified atom stereocenters. The number of rotatable bonds is 5. The first kappa shape index (κ1) is 16.3. The largest absolute Gasteiger partial charge is 0.363 e. The minimum Gasteiger partial charge on any atom is -0.363 e. The zero-order valence-corrected chi connectivity index (χ0v) is 13.7. The predicted octanol–water partition coefficient (Wildman–Crippen LogP) is 1.59. The van der Waals surface area contributed by atoms with Crippen LogP contribution in [0.25, 0.3) is 0 Å². The van der Waals surface area contributed by atoms with Crippen molar-refractivity contribution in [2.24, 2.45) is 11.8 Å². The molecule has 1 aromatic heterocycles. The lowest BCUT2D eigenvalue weighted by Gasteiger charge is -2.18. The zero-order chi connectivity index (χ0) is 16.3. The Bertz CT molecular complexity index is 540. The number of anilines is 2. The van der Waals surface area contributed by atoms with E-state index in [4.69, 9.17) is 0 Å². The number of carbonyl (C=O) groups excluding carboxylic acids is 2. The molecule has 1 fully saturated rings. The Kier molecular flexibility index (Phi) is 5.00. The van der Waals surface area contributed by atoms with Crippen molar-refractivity contribution in [2.45, 2.75) is 20.3 Å². The number of carbonyl (C=O) groups is 2. The third kappa shape index (κ3) is 3.96. The molecule has 6 heteroatoms. The summed E-state index contributed by atoms with van der Waals surface area (Å²) < 4.78 is 0. The molecule has 120 valence electrons. The molecule has 0 bridgehead atoms. The van der Waals surface area contributed by atoms with Crippen molar-refractivity contribution >= 4 is 23.3 Å². The molecular formula is C16H24N4O2. The summed E-state index contributed by atoms with van der Waals surface area (Å²) in [6.07, 6.45) is 1.93. The average Bonchev–Trinajstić information content (AvgIpc) is 2.80. The first-order valence-electron chi connectivity index (χ1n) is 7.59. The molecule has 2 amide bonds. The van der Waals surface area contributed by atoms with E-state index in [1.165, 1.54) is 0 Å². The van der Waals surface area contributed by atoms with Crippen LogP contribution in [0.4, 0.5) is 11.5 Å². The van der Waals surface area contributed by atoms with E-state index in [0.717, 1.165) is 5.82 Å². The maximum absolute atomic E-state index is 12.3. The number of likely N-dealkylation sites (tertiary alicyclic amines) is 1. The summed E-state index contributed by atoms with van der Waals surface area (Å²) in [5.41, 5.74) is 0.658. The molecule has 2 heterocycles. The SMILES string of the molecule is CC(C)CN1C[C@@H](C(=O)Nc2ccc(N(C)C)nc2)CC1=O. The zero-order valence-electron chi connectivity index (χ0n) is 13.7. The molecule has 1 saturated heterocycles. The van der Waals surface area contributed by atoms with Gasteiger partial charge in [0.2, 0.25) is 11.8 Å². The topological polar surface area (TPSA) is 65.5 Å². The second-order valence-corrected chi connectivity index (χ2v) is 6.38. The van der Waals surface area contributed by atoms with E-state index in [1.54, 1.807) is 11.1 Å². The van der Waals surface area contributed by atoms with Crippen molar-refractivity contribution in [1.82, 2.24) is 9.88 Å². The first-order chi connectivity index (χ1) is 10.4. The molecule has 2 rings (SSSR count). The van der Waals surface area contributed by atoms with Gasteiger partial charge in [0.25, 0.3) is 0 Å². The molecule has 1 aromatic rings. The highest BCUT2D eigenvalue weighted by atomic mass is 16.2. The van der Waals surface area contributed by atoms with Gasteiger partial charge in [0.05, 0.1) is 17.8 Å². The maximum Gasteiger partial charge on any atom is 0.229 e. The van der Waals surface area contributed by atoms with Crippen molar-refractivity contribution in [3.63, 3.8) is 0 Å². The summed E-state index contributed by atoms with van der Waals surface area (Å²) in [5, 5.41) is 2.85. The van der Waals surface area contributed by atoms with Gasteiger partial charge < -0.3 is 15.1 Å². The van der Waals surface area contributed by atoms with Gasteiger partial charge in [-0.15, -0.1) is 0 Å². The monoisotopic (exact) mass is 304 g/mol. The molecule has 1 atom stereocenters. The number of aromatic nitrogens is 1. The van der Waals surface area contributed by atoms with Crippen LogP contribution in [0.15, 0.2) is 18.3 Å². The number of nitrogens with zero attached hydrogens (tertiary/aromatic N) is 3. The Hall–Kier alpha value is -2.11. The summed E-state index contributed by atoms with van der Waals surface area (Å²) in [6.45, 7) is 5.35. The van der Waals surface area contributed by atoms with E-state index in [-0.39, 0.29) is 17.7 Å². The van der Waals surface area contributed by atoms with E-state index in [0.29, 0.717) is 31.1 Å². The summed E-state index contributed by atoms with van der Waals surface area (Å²) in [7, 11) is 3.82. The van der Waals surface area contributed by atoms with Crippen molar-refractivity contribution in [2.75, 3.05) is 37.4 Å². The van der Waals surface area contributed by atoms with Crippen LogP contribution in [0, 0.1) is 11.8 Å². The van der Waals surface area contributed by atoms with Gasteiger partial charge in [0.1, 0.15) is 5.82 Å². The van der Waals surface area contributed by atoms with Crippen molar-refractivity contribution in [3.8, 4) is 0 Å². The Morgan fingerprint density at radius 2 is 2.18 bits per heavy atom. The summed E-state index contributed by atoms with van der Waals surface area (Å²) in [6, 6.07) is 3.67. The average molecular weight is 304 g/mol.